The van der Waals surface area contributed by atoms with Gasteiger partial charge >= 0.3 is 0 Å². The molecule has 1 unspecified atom stereocenters. The van der Waals surface area contributed by atoms with Gasteiger partial charge in [-0.2, -0.15) is 0 Å². The van der Waals surface area contributed by atoms with E-state index in [0.29, 0.717) is 11.8 Å². The molecule has 0 radical (unpaired) electrons. The Bertz CT molecular complexity index is 1410. The van der Waals surface area contributed by atoms with Crippen LogP contribution in [0.3, 0.4) is 0 Å². The second-order valence-electron chi connectivity index (χ2n) is 10.7. The number of nitrogens with one attached hydrogen (secondary N) is 2. The van der Waals surface area contributed by atoms with Gasteiger partial charge in [0.2, 0.25) is 16.0 Å². The maximum Gasteiger partial charge on any atom is 0.241 e. The molecule has 0 spiro atoms. The van der Waals surface area contributed by atoms with E-state index in [1.807, 2.05) is 22.9 Å². The summed E-state index contributed by atoms with van der Waals surface area (Å²) in [6.45, 7) is 0.879. The van der Waals surface area contributed by atoms with Crippen molar-refractivity contribution >= 4 is 26.7 Å². The molecule has 10 heteroatoms. The molecule has 8 nitrogen and oxygen atoms in total. The summed E-state index contributed by atoms with van der Waals surface area (Å²) >= 11 is 0. The van der Waals surface area contributed by atoms with E-state index in [1.54, 1.807) is 6.33 Å². The van der Waals surface area contributed by atoms with Gasteiger partial charge in [-0.1, -0.05) is 0 Å². The van der Waals surface area contributed by atoms with Crippen molar-refractivity contribution in [2.45, 2.75) is 80.4 Å². The Balaban J connectivity index is 1.32. The highest BCUT2D eigenvalue weighted by Gasteiger charge is 2.36. The molecule has 7 rings (SSSR count). The lowest BCUT2D eigenvalue weighted by molar-refractivity contribution is 0.171. The fourth-order valence-electron chi connectivity index (χ4n) is 5.59. The fraction of sp³-hybridized carbons (Fsp3) is 0.560. The molecular formula is C25H29FN6O2S. The Labute approximate surface area is 203 Å². The van der Waals surface area contributed by atoms with E-state index in [1.165, 1.54) is 12.8 Å². The molecule has 3 saturated carbocycles. The molecule has 4 aliphatic carbocycles. The van der Waals surface area contributed by atoms with Crippen LogP contribution in [0.5, 0.6) is 0 Å². The van der Waals surface area contributed by atoms with Crippen LogP contribution in [0.1, 0.15) is 73.7 Å². The zero-order chi connectivity index (χ0) is 23.7. The van der Waals surface area contributed by atoms with Crippen LogP contribution in [0.15, 0.2) is 29.6 Å². The largest absolute Gasteiger partial charge is 0.354 e. The van der Waals surface area contributed by atoms with Gasteiger partial charge in [0.1, 0.15) is 12.5 Å². The molecule has 4 aliphatic rings. The number of pyridine rings is 1. The van der Waals surface area contributed by atoms with Gasteiger partial charge in [-0.25, -0.2) is 17.5 Å². The van der Waals surface area contributed by atoms with Gasteiger partial charge in [-0.3, -0.25) is 9.55 Å². The first kappa shape index (κ1) is 21.7. The van der Waals surface area contributed by atoms with Gasteiger partial charge in [0.15, 0.2) is 0 Å². The Morgan fingerprint density at radius 2 is 1.91 bits per heavy atom. The smallest absolute Gasteiger partial charge is 0.241 e. The quantitative estimate of drug-likeness (QED) is 0.491. The molecule has 0 bridgehead atoms. The standard InChI is InChI=1S/C25H29FN6O2S/c26-16-7-17(8-16)31-35(33,34)24-10-19-18(21-12-27-22(9-20(21)24)15-3-4-15)5-6-23(19)32-13-29-30-25(32)28-11-14-1-2-14/h9-10,12-17,23,31H,1-8,11H2,(H,28,30). The van der Waals surface area contributed by atoms with E-state index < -0.39 is 16.2 Å². The lowest BCUT2D eigenvalue weighted by Crippen LogP contribution is -2.45. The van der Waals surface area contributed by atoms with Crippen LogP contribution in [0.25, 0.3) is 10.8 Å². The molecular weight excluding hydrogens is 467 g/mol. The van der Waals surface area contributed by atoms with E-state index in [-0.39, 0.29) is 29.8 Å². The Morgan fingerprint density at radius 3 is 2.66 bits per heavy atom. The highest BCUT2D eigenvalue weighted by atomic mass is 32.2. The monoisotopic (exact) mass is 496 g/mol. The lowest BCUT2D eigenvalue weighted by atomic mass is 9.92. The first-order valence-electron chi connectivity index (χ1n) is 12.7. The van der Waals surface area contributed by atoms with Crippen molar-refractivity contribution in [3.8, 4) is 0 Å². The average molecular weight is 497 g/mol. The average Bonchev–Trinajstić information content (AvgIpc) is 3.75. The normalized spacial score (nSPS) is 26.0. The van der Waals surface area contributed by atoms with Crippen molar-refractivity contribution in [2.75, 3.05) is 11.9 Å². The lowest BCUT2D eigenvalue weighted by Gasteiger charge is -2.30. The molecule has 3 aromatic rings. The maximum atomic E-state index is 13.6. The number of hydrogen-bond acceptors (Lipinski definition) is 6. The van der Waals surface area contributed by atoms with Gasteiger partial charge in [-0.15, -0.1) is 10.2 Å². The van der Waals surface area contributed by atoms with E-state index in [2.05, 4.69) is 20.2 Å². The summed E-state index contributed by atoms with van der Waals surface area (Å²) in [7, 11) is -3.83. The van der Waals surface area contributed by atoms with Crippen LogP contribution in [0, 0.1) is 5.92 Å². The highest BCUT2D eigenvalue weighted by Crippen LogP contribution is 2.45. The molecule has 0 aliphatic heterocycles. The zero-order valence-electron chi connectivity index (χ0n) is 19.5. The zero-order valence-corrected chi connectivity index (χ0v) is 20.3. The van der Waals surface area contributed by atoms with E-state index in [0.717, 1.165) is 65.8 Å². The van der Waals surface area contributed by atoms with E-state index in [9.17, 15) is 12.8 Å². The number of benzene rings is 1. The second kappa shape index (κ2) is 7.96. The van der Waals surface area contributed by atoms with Crippen LogP contribution >= 0.6 is 0 Å². The number of anilines is 1. The van der Waals surface area contributed by atoms with Crippen molar-refractivity contribution in [3.63, 3.8) is 0 Å². The SMILES string of the molecule is O=S(=O)(NC1CC(F)C1)c1cc2c(c3cnc(C4CC4)cc13)CCC2n1cnnc1NCC1CC1. The molecule has 0 saturated heterocycles. The Kier molecular flexibility index (Phi) is 4.93. The molecule has 1 aromatic carbocycles. The van der Waals surface area contributed by atoms with E-state index in [4.69, 9.17) is 4.98 Å². The number of sulfonamides is 1. The minimum atomic E-state index is -3.83. The fourth-order valence-corrected chi connectivity index (χ4v) is 7.09. The summed E-state index contributed by atoms with van der Waals surface area (Å²) in [5, 5.41) is 13.5. The number of aryl methyl sites for hydroxylation is 1. The Hall–Kier alpha value is -2.59. The van der Waals surface area contributed by atoms with Crippen LogP contribution in [0.4, 0.5) is 10.3 Å². The molecule has 184 valence electrons. The molecule has 0 amide bonds. The number of aromatic nitrogens is 4. The summed E-state index contributed by atoms with van der Waals surface area (Å²) in [4.78, 5) is 4.99. The second-order valence-corrected chi connectivity index (χ2v) is 12.4. The van der Waals surface area contributed by atoms with Gasteiger partial charge in [0, 0.05) is 41.2 Å². The summed E-state index contributed by atoms with van der Waals surface area (Å²) in [6, 6.07) is 3.40. The van der Waals surface area contributed by atoms with Crippen LogP contribution < -0.4 is 10.0 Å². The molecule has 35 heavy (non-hydrogen) atoms. The molecule has 2 N–H and O–H groups in total. The molecule has 2 aromatic heterocycles. The number of halogens is 1. The van der Waals surface area contributed by atoms with Crippen LogP contribution in [-0.4, -0.2) is 46.9 Å². The number of alkyl halides is 1. The highest BCUT2D eigenvalue weighted by molar-refractivity contribution is 7.89. The number of rotatable bonds is 8. The van der Waals surface area contributed by atoms with Crippen LogP contribution in [0.2, 0.25) is 0 Å². The molecule has 3 fully saturated rings. The molecule has 1 atom stereocenters. The minimum absolute atomic E-state index is 0.0536. The topological polar surface area (TPSA) is 102 Å². The van der Waals surface area contributed by atoms with Gasteiger partial charge in [0.25, 0.3) is 0 Å². The number of nitrogens with zero attached hydrogens (tertiary/aromatic N) is 4. The predicted octanol–water partition coefficient (Wildman–Crippen LogP) is 3.84. The third kappa shape index (κ3) is 3.91. The minimum Gasteiger partial charge on any atom is -0.354 e. The predicted molar refractivity (Wildman–Crippen MR) is 130 cm³/mol. The van der Waals surface area contributed by atoms with Crippen LogP contribution in [-0.2, 0) is 16.4 Å². The van der Waals surface area contributed by atoms with Gasteiger partial charge in [0.05, 0.1) is 10.9 Å². The molecule has 2 heterocycles. The first-order valence-corrected chi connectivity index (χ1v) is 14.2. The van der Waals surface area contributed by atoms with E-state index >= 15 is 0 Å². The van der Waals surface area contributed by atoms with Crippen molar-refractivity contribution < 1.29 is 12.8 Å². The van der Waals surface area contributed by atoms with Crippen molar-refractivity contribution in [1.82, 2.24) is 24.5 Å². The van der Waals surface area contributed by atoms with Gasteiger partial charge in [-0.05, 0) is 80.5 Å². The summed E-state index contributed by atoms with van der Waals surface area (Å²) in [6.07, 6.45) is 9.48. The summed E-state index contributed by atoms with van der Waals surface area (Å²) in [5.41, 5.74) is 3.08. The van der Waals surface area contributed by atoms with Crippen molar-refractivity contribution in [1.29, 1.82) is 0 Å². The van der Waals surface area contributed by atoms with Crippen molar-refractivity contribution in [2.24, 2.45) is 5.92 Å². The summed E-state index contributed by atoms with van der Waals surface area (Å²) in [5.74, 6) is 1.84. The third-order valence-corrected chi connectivity index (χ3v) is 9.58. The third-order valence-electron chi connectivity index (χ3n) is 8.02. The number of hydrogen-bond donors (Lipinski definition) is 2. The Morgan fingerprint density at radius 1 is 1.09 bits per heavy atom. The van der Waals surface area contributed by atoms with Gasteiger partial charge < -0.3 is 5.32 Å². The summed E-state index contributed by atoms with van der Waals surface area (Å²) < 4.78 is 45.4. The first-order chi connectivity index (χ1) is 17.0. The van der Waals surface area contributed by atoms with Crippen molar-refractivity contribution in [3.05, 3.63) is 41.5 Å². The number of fused-ring (bicyclic) bond motifs is 3. The maximum absolute atomic E-state index is 13.6.